The van der Waals surface area contributed by atoms with E-state index in [2.05, 4.69) is 22.2 Å². The summed E-state index contributed by atoms with van der Waals surface area (Å²) >= 11 is 0. The first-order valence-electron chi connectivity index (χ1n) is 6.58. The molecule has 0 radical (unpaired) electrons. The van der Waals surface area contributed by atoms with Gasteiger partial charge in [0.1, 0.15) is 5.65 Å². The molecule has 6 nitrogen and oxygen atoms in total. The van der Waals surface area contributed by atoms with Crippen molar-refractivity contribution in [3.63, 3.8) is 0 Å². The van der Waals surface area contributed by atoms with Gasteiger partial charge in [0, 0.05) is 25.5 Å². The standard InChI is InChI=1S/C14H21N5O/c1-10-4-5-13-18-12(8-19(13)7-10)6-16-14(15)17-11(2)9-20-3/h4-5,7-8,11H,6,9H2,1-3H3,(H3,15,16,17). The van der Waals surface area contributed by atoms with Gasteiger partial charge in [-0.25, -0.2) is 9.98 Å². The summed E-state index contributed by atoms with van der Waals surface area (Å²) in [5.41, 5.74) is 8.82. The Labute approximate surface area is 118 Å². The highest BCUT2D eigenvalue weighted by Gasteiger charge is 2.03. The van der Waals surface area contributed by atoms with Crippen LogP contribution in [0.2, 0.25) is 0 Å². The first kappa shape index (κ1) is 14.3. The zero-order chi connectivity index (χ0) is 14.5. The van der Waals surface area contributed by atoms with Crippen LogP contribution in [0.3, 0.4) is 0 Å². The lowest BCUT2D eigenvalue weighted by atomic mass is 10.3. The van der Waals surface area contributed by atoms with Gasteiger partial charge in [0.2, 0.25) is 0 Å². The summed E-state index contributed by atoms with van der Waals surface area (Å²) in [5, 5.41) is 3.06. The molecule has 0 aliphatic rings. The summed E-state index contributed by atoms with van der Waals surface area (Å²) < 4.78 is 7.03. The van der Waals surface area contributed by atoms with Gasteiger partial charge in [-0.3, -0.25) is 0 Å². The predicted octanol–water partition coefficient (Wildman–Crippen LogP) is 1.08. The Morgan fingerprint density at radius 1 is 1.50 bits per heavy atom. The van der Waals surface area contributed by atoms with Crippen LogP contribution >= 0.6 is 0 Å². The Hall–Kier alpha value is -2.08. The topological polar surface area (TPSA) is 76.9 Å². The number of rotatable bonds is 5. The number of imidazole rings is 1. The summed E-state index contributed by atoms with van der Waals surface area (Å²) in [6, 6.07) is 4.16. The molecule has 6 heteroatoms. The largest absolute Gasteiger partial charge is 0.383 e. The minimum Gasteiger partial charge on any atom is -0.383 e. The first-order valence-corrected chi connectivity index (χ1v) is 6.58. The Bertz CT molecular complexity index is 605. The quantitative estimate of drug-likeness (QED) is 0.632. The number of hydrogen-bond donors (Lipinski definition) is 2. The molecule has 0 saturated carbocycles. The number of pyridine rings is 1. The molecular formula is C14H21N5O. The lowest BCUT2D eigenvalue weighted by molar-refractivity contribution is 0.179. The third-order valence-corrected chi connectivity index (χ3v) is 2.87. The van der Waals surface area contributed by atoms with Crippen LogP contribution < -0.4 is 11.1 Å². The number of fused-ring (bicyclic) bond motifs is 1. The van der Waals surface area contributed by atoms with Gasteiger partial charge in [-0.1, -0.05) is 6.07 Å². The minimum absolute atomic E-state index is 0.132. The molecule has 0 aliphatic carbocycles. The normalized spacial score (nSPS) is 13.7. The third kappa shape index (κ3) is 3.71. The van der Waals surface area contributed by atoms with Crippen molar-refractivity contribution in [1.29, 1.82) is 0 Å². The minimum atomic E-state index is 0.132. The fourth-order valence-electron chi connectivity index (χ4n) is 1.99. The second kappa shape index (κ2) is 6.38. The van der Waals surface area contributed by atoms with Crippen molar-refractivity contribution in [2.24, 2.45) is 10.7 Å². The molecule has 0 bridgehead atoms. The van der Waals surface area contributed by atoms with Crippen LogP contribution in [-0.4, -0.2) is 35.1 Å². The summed E-state index contributed by atoms with van der Waals surface area (Å²) in [4.78, 5) is 8.78. The van der Waals surface area contributed by atoms with Gasteiger partial charge in [0.25, 0.3) is 0 Å². The number of aromatic nitrogens is 2. The fraction of sp³-hybridized carbons (Fsp3) is 0.429. The summed E-state index contributed by atoms with van der Waals surface area (Å²) in [6.45, 7) is 5.08. The maximum Gasteiger partial charge on any atom is 0.189 e. The van der Waals surface area contributed by atoms with E-state index in [4.69, 9.17) is 10.5 Å². The van der Waals surface area contributed by atoms with Crippen molar-refractivity contribution in [2.75, 3.05) is 13.7 Å². The molecule has 0 fully saturated rings. The average molecular weight is 275 g/mol. The third-order valence-electron chi connectivity index (χ3n) is 2.87. The highest BCUT2D eigenvalue weighted by atomic mass is 16.5. The Morgan fingerprint density at radius 3 is 3.05 bits per heavy atom. The molecule has 20 heavy (non-hydrogen) atoms. The Kier molecular flexibility index (Phi) is 4.57. The van der Waals surface area contributed by atoms with E-state index in [0.29, 0.717) is 19.1 Å². The number of methoxy groups -OCH3 is 1. The molecule has 2 rings (SSSR count). The molecule has 1 unspecified atom stereocenters. The van der Waals surface area contributed by atoms with Crippen LogP contribution in [0.4, 0.5) is 0 Å². The highest BCUT2D eigenvalue weighted by molar-refractivity contribution is 5.78. The number of aryl methyl sites for hydroxylation is 1. The Morgan fingerprint density at radius 2 is 2.30 bits per heavy atom. The van der Waals surface area contributed by atoms with E-state index in [-0.39, 0.29) is 6.04 Å². The number of ether oxygens (including phenoxy) is 1. The zero-order valence-corrected chi connectivity index (χ0v) is 12.1. The fourth-order valence-corrected chi connectivity index (χ4v) is 1.99. The van der Waals surface area contributed by atoms with Crippen LogP contribution in [-0.2, 0) is 11.3 Å². The molecule has 0 aromatic carbocycles. The van der Waals surface area contributed by atoms with Crippen molar-refractivity contribution in [1.82, 2.24) is 14.7 Å². The van der Waals surface area contributed by atoms with E-state index in [1.807, 2.05) is 35.9 Å². The van der Waals surface area contributed by atoms with Crippen LogP contribution in [0.15, 0.2) is 29.5 Å². The number of hydrogen-bond acceptors (Lipinski definition) is 3. The summed E-state index contributed by atoms with van der Waals surface area (Å²) in [6.07, 6.45) is 4.01. The van der Waals surface area contributed by atoms with Crippen LogP contribution in [0.5, 0.6) is 0 Å². The van der Waals surface area contributed by atoms with Gasteiger partial charge in [0.15, 0.2) is 5.96 Å². The molecule has 0 saturated heterocycles. The van der Waals surface area contributed by atoms with Crippen molar-refractivity contribution >= 4 is 11.6 Å². The monoisotopic (exact) mass is 275 g/mol. The van der Waals surface area contributed by atoms with Gasteiger partial charge >= 0.3 is 0 Å². The highest BCUT2D eigenvalue weighted by Crippen LogP contribution is 2.07. The number of nitrogens with one attached hydrogen (secondary N) is 1. The van der Waals surface area contributed by atoms with E-state index in [1.165, 1.54) is 5.56 Å². The SMILES string of the molecule is COCC(C)NC(N)=NCc1cn2cc(C)ccc2n1. The number of nitrogens with two attached hydrogens (primary N) is 1. The molecule has 2 heterocycles. The van der Waals surface area contributed by atoms with E-state index in [0.717, 1.165) is 11.3 Å². The average Bonchev–Trinajstić information content (AvgIpc) is 2.78. The lowest BCUT2D eigenvalue weighted by Crippen LogP contribution is -2.40. The van der Waals surface area contributed by atoms with E-state index < -0.39 is 0 Å². The molecule has 0 amide bonds. The number of aliphatic imine (C=N–C) groups is 1. The van der Waals surface area contributed by atoms with Crippen molar-refractivity contribution < 1.29 is 4.74 Å². The second-order valence-electron chi connectivity index (χ2n) is 4.91. The van der Waals surface area contributed by atoms with Gasteiger partial charge in [0.05, 0.1) is 18.8 Å². The van der Waals surface area contributed by atoms with E-state index >= 15 is 0 Å². The molecule has 2 aromatic heterocycles. The molecular weight excluding hydrogens is 254 g/mol. The molecule has 3 N–H and O–H groups in total. The van der Waals surface area contributed by atoms with E-state index in [9.17, 15) is 0 Å². The molecule has 2 aromatic rings. The number of guanidine groups is 1. The van der Waals surface area contributed by atoms with Crippen LogP contribution in [0, 0.1) is 6.92 Å². The molecule has 108 valence electrons. The molecule has 0 spiro atoms. The van der Waals surface area contributed by atoms with Crippen LogP contribution in [0.25, 0.3) is 5.65 Å². The smallest absolute Gasteiger partial charge is 0.189 e. The van der Waals surface area contributed by atoms with Gasteiger partial charge < -0.3 is 20.2 Å². The van der Waals surface area contributed by atoms with Crippen LogP contribution in [0.1, 0.15) is 18.2 Å². The maximum atomic E-state index is 5.82. The van der Waals surface area contributed by atoms with Crippen molar-refractivity contribution in [2.45, 2.75) is 26.4 Å². The zero-order valence-electron chi connectivity index (χ0n) is 12.1. The summed E-state index contributed by atoms with van der Waals surface area (Å²) in [5.74, 6) is 0.405. The maximum absolute atomic E-state index is 5.82. The lowest BCUT2D eigenvalue weighted by Gasteiger charge is -2.12. The second-order valence-corrected chi connectivity index (χ2v) is 4.91. The first-order chi connectivity index (χ1) is 9.58. The summed E-state index contributed by atoms with van der Waals surface area (Å²) in [7, 11) is 1.66. The van der Waals surface area contributed by atoms with Crippen molar-refractivity contribution in [3.8, 4) is 0 Å². The Balaban J connectivity index is 2.01. The van der Waals surface area contributed by atoms with Gasteiger partial charge in [-0.05, 0) is 25.5 Å². The van der Waals surface area contributed by atoms with Gasteiger partial charge in [-0.2, -0.15) is 0 Å². The number of nitrogens with zero attached hydrogens (tertiary/aromatic N) is 3. The molecule has 0 aliphatic heterocycles. The van der Waals surface area contributed by atoms with E-state index in [1.54, 1.807) is 7.11 Å². The van der Waals surface area contributed by atoms with Crippen molar-refractivity contribution in [3.05, 3.63) is 35.8 Å². The predicted molar refractivity (Wildman–Crippen MR) is 79.7 cm³/mol. The van der Waals surface area contributed by atoms with Gasteiger partial charge in [-0.15, -0.1) is 0 Å². The molecule has 1 atom stereocenters.